The summed E-state index contributed by atoms with van der Waals surface area (Å²) in [5.41, 5.74) is 1.44. The third kappa shape index (κ3) is 11.0. The SMILES string of the molecule is CN(Cc1c(C=O)cccc1SCCOCCOCCOCCOCC=O)C1CCC(=O)NC1=O. The van der Waals surface area contributed by atoms with Crippen molar-refractivity contribution in [2.45, 2.75) is 30.3 Å². The summed E-state index contributed by atoms with van der Waals surface area (Å²) >= 11 is 1.59. The van der Waals surface area contributed by atoms with Crippen LogP contribution in [0.4, 0.5) is 0 Å². The lowest BCUT2D eigenvalue weighted by Gasteiger charge is -2.30. The Labute approximate surface area is 210 Å². The smallest absolute Gasteiger partial charge is 0.243 e. The van der Waals surface area contributed by atoms with Crippen molar-refractivity contribution in [1.29, 1.82) is 0 Å². The van der Waals surface area contributed by atoms with Gasteiger partial charge in [-0.05, 0) is 25.1 Å². The maximum absolute atomic E-state index is 12.2. The van der Waals surface area contributed by atoms with Crippen LogP contribution in [0.5, 0.6) is 0 Å². The fraction of sp³-hybridized carbons (Fsp3) is 0.583. The molecular weight excluding hydrogens is 476 g/mol. The highest BCUT2D eigenvalue weighted by Crippen LogP contribution is 2.27. The molecule has 1 aliphatic rings. The molecule has 1 saturated heterocycles. The highest BCUT2D eigenvalue weighted by Gasteiger charge is 2.30. The minimum Gasteiger partial charge on any atom is -0.378 e. The Morgan fingerprint density at radius 1 is 1.00 bits per heavy atom. The topological polar surface area (TPSA) is 120 Å². The summed E-state index contributed by atoms with van der Waals surface area (Å²) in [6.45, 7) is 3.64. The van der Waals surface area contributed by atoms with Crippen molar-refractivity contribution in [2.24, 2.45) is 0 Å². The van der Waals surface area contributed by atoms with Crippen LogP contribution < -0.4 is 5.32 Å². The van der Waals surface area contributed by atoms with E-state index in [1.54, 1.807) is 17.8 Å². The van der Waals surface area contributed by atoms with Gasteiger partial charge in [0.15, 0.2) is 0 Å². The van der Waals surface area contributed by atoms with E-state index in [0.29, 0.717) is 83.2 Å². The Bertz CT molecular complexity index is 823. The zero-order valence-corrected chi connectivity index (χ0v) is 20.9. The summed E-state index contributed by atoms with van der Waals surface area (Å²) in [4.78, 5) is 48.2. The molecule has 1 unspecified atom stereocenters. The van der Waals surface area contributed by atoms with Gasteiger partial charge in [-0.25, -0.2) is 0 Å². The second-order valence-electron chi connectivity index (χ2n) is 7.75. The maximum atomic E-state index is 12.2. The van der Waals surface area contributed by atoms with Gasteiger partial charge in [0.05, 0.1) is 52.3 Å². The van der Waals surface area contributed by atoms with Crippen LogP contribution in [0, 0.1) is 0 Å². The van der Waals surface area contributed by atoms with Crippen molar-refractivity contribution in [3.05, 3.63) is 29.3 Å². The summed E-state index contributed by atoms with van der Waals surface area (Å²) in [7, 11) is 1.83. The molecule has 0 spiro atoms. The number of carbonyl (C=O) groups is 4. The average molecular weight is 511 g/mol. The van der Waals surface area contributed by atoms with E-state index in [0.717, 1.165) is 16.7 Å². The fourth-order valence-electron chi connectivity index (χ4n) is 3.46. The number of hydrogen-bond acceptors (Lipinski definition) is 10. The summed E-state index contributed by atoms with van der Waals surface area (Å²) in [5, 5.41) is 2.38. The molecule has 1 N–H and O–H groups in total. The lowest BCUT2D eigenvalue weighted by molar-refractivity contribution is -0.137. The van der Waals surface area contributed by atoms with E-state index in [2.05, 4.69) is 5.32 Å². The maximum Gasteiger partial charge on any atom is 0.243 e. The van der Waals surface area contributed by atoms with Crippen molar-refractivity contribution < 1.29 is 38.1 Å². The molecular formula is C24H34N2O8S. The van der Waals surface area contributed by atoms with Gasteiger partial charge >= 0.3 is 0 Å². The summed E-state index contributed by atoms with van der Waals surface area (Å²) in [6, 6.07) is 5.15. The van der Waals surface area contributed by atoms with E-state index in [1.807, 2.05) is 24.1 Å². The van der Waals surface area contributed by atoms with Crippen LogP contribution in [0.25, 0.3) is 0 Å². The normalized spacial score (nSPS) is 15.9. The van der Waals surface area contributed by atoms with Crippen LogP contribution in [-0.2, 0) is 39.9 Å². The number of ether oxygens (including phenoxy) is 4. The Balaban J connectivity index is 1.67. The van der Waals surface area contributed by atoms with Crippen molar-refractivity contribution in [1.82, 2.24) is 10.2 Å². The fourth-order valence-corrected chi connectivity index (χ4v) is 4.41. The number of piperidine rings is 1. The van der Waals surface area contributed by atoms with Crippen LogP contribution in [-0.4, -0.2) is 101 Å². The number of amides is 2. The highest BCUT2D eigenvalue weighted by molar-refractivity contribution is 7.99. The second-order valence-corrected chi connectivity index (χ2v) is 8.89. The van der Waals surface area contributed by atoms with Crippen molar-refractivity contribution in [3.8, 4) is 0 Å². The summed E-state index contributed by atoms with van der Waals surface area (Å²) in [6.07, 6.45) is 2.30. The van der Waals surface area contributed by atoms with Gasteiger partial charge in [-0.3, -0.25) is 24.6 Å². The molecule has 0 saturated carbocycles. The summed E-state index contributed by atoms with van der Waals surface area (Å²) < 4.78 is 21.3. The van der Waals surface area contributed by atoms with E-state index in [9.17, 15) is 19.2 Å². The van der Waals surface area contributed by atoms with Crippen LogP contribution in [0.15, 0.2) is 23.1 Å². The largest absolute Gasteiger partial charge is 0.378 e. The number of imide groups is 1. The zero-order chi connectivity index (χ0) is 25.3. The molecule has 1 atom stereocenters. The summed E-state index contributed by atoms with van der Waals surface area (Å²) in [5.74, 6) is 0.147. The molecule has 1 aromatic rings. The van der Waals surface area contributed by atoms with Crippen LogP contribution >= 0.6 is 11.8 Å². The molecule has 35 heavy (non-hydrogen) atoms. The lowest BCUT2D eigenvalue weighted by Crippen LogP contribution is -2.51. The van der Waals surface area contributed by atoms with E-state index in [-0.39, 0.29) is 18.4 Å². The first-order valence-corrected chi connectivity index (χ1v) is 12.5. The zero-order valence-electron chi connectivity index (χ0n) is 20.1. The first kappa shape index (κ1) is 29.1. The molecule has 0 bridgehead atoms. The van der Waals surface area contributed by atoms with Gasteiger partial charge in [-0.1, -0.05) is 12.1 Å². The third-order valence-corrected chi connectivity index (χ3v) is 6.30. The molecule has 194 valence electrons. The van der Waals surface area contributed by atoms with Gasteiger partial charge in [-0.15, -0.1) is 11.8 Å². The Hall–Kier alpha value is -2.15. The van der Waals surface area contributed by atoms with Gasteiger partial charge < -0.3 is 23.7 Å². The average Bonchev–Trinajstić information content (AvgIpc) is 2.84. The van der Waals surface area contributed by atoms with Gasteiger partial charge in [-0.2, -0.15) is 0 Å². The van der Waals surface area contributed by atoms with E-state index < -0.39 is 6.04 Å². The van der Waals surface area contributed by atoms with Crippen molar-refractivity contribution in [3.63, 3.8) is 0 Å². The Kier molecular flexibility index (Phi) is 14.4. The Morgan fingerprint density at radius 2 is 1.66 bits per heavy atom. The predicted molar refractivity (Wildman–Crippen MR) is 130 cm³/mol. The molecule has 1 aliphatic heterocycles. The second kappa shape index (κ2) is 17.3. The number of nitrogens with one attached hydrogen (secondary N) is 1. The van der Waals surface area contributed by atoms with E-state index in [1.165, 1.54) is 0 Å². The van der Waals surface area contributed by atoms with Crippen LogP contribution in [0.3, 0.4) is 0 Å². The molecule has 1 heterocycles. The number of likely N-dealkylation sites (N-methyl/N-ethyl adjacent to an activating group) is 1. The van der Waals surface area contributed by atoms with Gasteiger partial charge in [0.2, 0.25) is 11.8 Å². The standard InChI is InChI=1S/C24H34N2O8S/c1-26(21-5-6-23(29)25-24(21)30)17-20-19(18-28)3-2-4-22(20)35-16-15-34-14-13-33-12-11-32-10-9-31-8-7-27/h2-4,7,18,21H,5-6,8-17H2,1H3,(H,25,29,30). The number of aldehydes is 2. The number of thioether (sulfide) groups is 1. The van der Waals surface area contributed by atoms with Gasteiger partial charge in [0.25, 0.3) is 0 Å². The van der Waals surface area contributed by atoms with Crippen molar-refractivity contribution in [2.75, 3.05) is 65.7 Å². The molecule has 1 fully saturated rings. The minimum absolute atomic E-state index is 0.0821. The number of benzene rings is 1. The molecule has 0 aromatic heterocycles. The monoisotopic (exact) mass is 510 g/mol. The first-order valence-electron chi connectivity index (χ1n) is 11.5. The minimum atomic E-state index is -0.408. The van der Waals surface area contributed by atoms with E-state index >= 15 is 0 Å². The first-order chi connectivity index (χ1) is 17.1. The number of nitrogens with zero attached hydrogens (tertiary/aromatic N) is 1. The molecule has 0 radical (unpaired) electrons. The Morgan fingerprint density at radius 3 is 2.29 bits per heavy atom. The van der Waals surface area contributed by atoms with Gasteiger partial charge in [0.1, 0.15) is 19.2 Å². The predicted octanol–water partition coefficient (Wildman–Crippen LogP) is 1.09. The lowest BCUT2D eigenvalue weighted by atomic mass is 10.0. The molecule has 11 heteroatoms. The molecule has 2 amide bonds. The number of carbonyl (C=O) groups excluding carboxylic acids is 4. The van der Waals surface area contributed by atoms with Crippen LogP contribution in [0.1, 0.15) is 28.8 Å². The van der Waals surface area contributed by atoms with Gasteiger partial charge in [0, 0.05) is 29.2 Å². The third-order valence-electron chi connectivity index (χ3n) is 5.23. The highest BCUT2D eigenvalue weighted by atomic mass is 32.2. The molecule has 2 rings (SSSR count). The van der Waals surface area contributed by atoms with Crippen molar-refractivity contribution >= 4 is 36.1 Å². The molecule has 0 aliphatic carbocycles. The van der Waals surface area contributed by atoms with E-state index in [4.69, 9.17) is 18.9 Å². The quantitative estimate of drug-likeness (QED) is 0.125. The number of hydrogen-bond donors (Lipinski definition) is 1. The number of rotatable bonds is 19. The molecule has 10 nitrogen and oxygen atoms in total. The van der Waals surface area contributed by atoms with Crippen LogP contribution in [0.2, 0.25) is 0 Å². The molecule has 1 aromatic carbocycles.